The SMILES string of the molecule is CCNCc1cc(CN2CCOCC2(C)C)c(C)s1. The maximum absolute atomic E-state index is 5.59. The fourth-order valence-corrected chi connectivity index (χ4v) is 3.49. The Morgan fingerprint density at radius 1 is 1.47 bits per heavy atom. The largest absolute Gasteiger partial charge is 0.378 e. The van der Waals surface area contributed by atoms with E-state index in [1.165, 1.54) is 15.3 Å². The Morgan fingerprint density at radius 2 is 2.26 bits per heavy atom. The Morgan fingerprint density at radius 3 is 2.95 bits per heavy atom. The third-order valence-electron chi connectivity index (χ3n) is 3.80. The second-order valence-electron chi connectivity index (χ2n) is 5.86. The van der Waals surface area contributed by atoms with Gasteiger partial charge in [0.1, 0.15) is 0 Å². The molecule has 1 aromatic heterocycles. The summed E-state index contributed by atoms with van der Waals surface area (Å²) in [6.45, 7) is 14.7. The Bertz CT molecular complexity index is 414. The van der Waals surface area contributed by atoms with E-state index in [1.54, 1.807) is 0 Å². The molecule has 0 amide bonds. The molecular formula is C15H26N2OS. The number of hydrogen-bond donors (Lipinski definition) is 1. The van der Waals surface area contributed by atoms with Gasteiger partial charge in [0.15, 0.2) is 0 Å². The van der Waals surface area contributed by atoms with Gasteiger partial charge in [-0.2, -0.15) is 0 Å². The van der Waals surface area contributed by atoms with E-state index in [0.29, 0.717) is 0 Å². The molecule has 1 aromatic rings. The van der Waals surface area contributed by atoms with Crippen LogP contribution in [0.5, 0.6) is 0 Å². The molecule has 1 fully saturated rings. The number of thiophene rings is 1. The molecule has 0 spiro atoms. The third kappa shape index (κ3) is 3.78. The Balaban J connectivity index is 2.03. The molecule has 0 unspecified atom stereocenters. The smallest absolute Gasteiger partial charge is 0.0645 e. The van der Waals surface area contributed by atoms with Crippen molar-refractivity contribution in [1.29, 1.82) is 0 Å². The molecule has 2 heterocycles. The molecule has 3 nitrogen and oxygen atoms in total. The van der Waals surface area contributed by atoms with E-state index in [2.05, 4.69) is 44.0 Å². The van der Waals surface area contributed by atoms with Crippen LogP contribution in [0.3, 0.4) is 0 Å². The van der Waals surface area contributed by atoms with Crippen molar-refractivity contribution in [1.82, 2.24) is 10.2 Å². The molecule has 2 rings (SSSR count). The summed E-state index contributed by atoms with van der Waals surface area (Å²) in [4.78, 5) is 5.44. The van der Waals surface area contributed by atoms with Crippen molar-refractivity contribution < 1.29 is 4.74 Å². The minimum atomic E-state index is 0.147. The summed E-state index contributed by atoms with van der Waals surface area (Å²) in [6, 6.07) is 2.37. The number of nitrogens with one attached hydrogen (secondary N) is 1. The number of ether oxygens (including phenoxy) is 1. The van der Waals surface area contributed by atoms with Gasteiger partial charge in [0.25, 0.3) is 0 Å². The number of hydrogen-bond acceptors (Lipinski definition) is 4. The van der Waals surface area contributed by atoms with Gasteiger partial charge in [-0.15, -0.1) is 11.3 Å². The van der Waals surface area contributed by atoms with Gasteiger partial charge >= 0.3 is 0 Å². The lowest BCUT2D eigenvalue weighted by Gasteiger charge is -2.42. The Hall–Kier alpha value is -0.420. The average Bonchev–Trinajstić information content (AvgIpc) is 2.70. The van der Waals surface area contributed by atoms with E-state index in [9.17, 15) is 0 Å². The molecule has 1 aliphatic heterocycles. The second kappa shape index (κ2) is 6.35. The van der Waals surface area contributed by atoms with Gasteiger partial charge in [-0.05, 0) is 38.9 Å². The first-order chi connectivity index (χ1) is 9.03. The molecule has 0 aromatic carbocycles. The zero-order chi connectivity index (χ0) is 13.9. The van der Waals surface area contributed by atoms with Crippen molar-refractivity contribution in [2.45, 2.75) is 46.3 Å². The van der Waals surface area contributed by atoms with Gasteiger partial charge in [-0.3, -0.25) is 4.90 Å². The summed E-state index contributed by atoms with van der Waals surface area (Å²) in [5.74, 6) is 0. The van der Waals surface area contributed by atoms with Crippen molar-refractivity contribution in [3.8, 4) is 0 Å². The minimum absolute atomic E-state index is 0.147. The molecule has 1 N–H and O–H groups in total. The summed E-state index contributed by atoms with van der Waals surface area (Å²) in [6.07, 6.45) is 0. The van der Waals surface area contributed by atoms with E-state index in [-0.39, 0.29) is 5.54 Å². The molecule has 19 heavy (non-hydrogen) atoms. The minimum Gasteiger partial charge on any atom is -0.378 e. The van der Waals surface area contributed by atoms with E-state index >= 15 is 0 Å². The van der Waals surface area contributed by atoms with E-state index < -0.39 is 0 Å². The van der Waals surface area contributed by atoms with Gasteiger partial charge in [0.2, 0.25) is 0 Å². The van der Waals surface area contributed by atoms with Crippen molar-refractivity contribution in [3.63, 3.8) is 0 Å². The molecule has 0 atom stereocenters. The number of nitrogens with zero attached hydrogens (tertiary/aromatic N) is 1. The van der Waals surface area contributed by atoms with Crippen LogP contribution in [0.1, 0.15) is 36.1 Å². The average molecular weight is 282 g/mol. The fourth-order valence-electron chi connectivity index (χ4n) is 2.47. The van der Waals surface area contributed by atoms with Crippen LogP contribution in [0, 0.1) is 6.92 Å². The Kier molecular flexibility index (Phi) is 5.01. The predicted molar refractivity (Wildman–Crippen MR) is 81.7 cm³/mol. The lowest BCUT2D eigenvalue weighted by Crippen LogP contribution is -2.52. The predicted octanol–water partition coefficient (Wildman–Crippen LogP) is 2.78. The molecule has 1 aliphatic rings. The molecule has 0 saturated carbocycles. The number of aryl methyl sites for hydroxylation is 1. The van der Waals surface area contributed by atoms with Crippen molar-refractivity contribution >= 4 is 11.3 Å². The van der Waals surface area contributed by atoms with Crippen LogP contribution in [0.25, 0.3) is 0 Å². The van der Waals surface area contributed by atoms with Gasteiger partial charge in [0.05, 0.1) is 13.2 Å². The maximum atomic E-state index is 5.59. The van der Waals surface area contributed by atoms with E-state index in [1.807, 2.05) is 11.3 Å². The van der Waals surface area contributed by atoms with Crippen LogP contribution in [0.4, 0.5) is 0 Å². The fraction of sp³-hybridized carbons (Fsp3) is 0.733. The van der Waals surface area contributed by atoms with Crippen molar-refractivity contribution in [3.05, 3.63) is 21.4 Å². The van der Waals surface area contributed by atoms with Crippen molar-refractivity contribution in [2.75, 3.05) is 26.3 Å². The van der Waals surface area contributed by atoms with Crippen LogP contribution in [-0.4, -0.2) is 36.7 Å². The molecule has 0 radical (unpaired) electrons. The number of rotatable bonds is 5. The summed E-state index contributed by atoms with van der Waals surface area (Å²) < 4.78 is 5.59. The topological polar surface area (TPSA) is 24.5 Å². The highest BCUT2D eigenvalue weighted by atomic mass is 32.1. The van der Waals surface area contributed by atoms with Crippen LogP contribution >= 0.6 is 11.3 Å². The monoisotopic (exact) mass is 282 g/mol. The lowest BCUT2D eigenvalue weighted by atomic mass is 10.0. The van der Waals surface area contributed by atoms with Crippen LogP contribution in [0.2, 0.25) is 0 Å². The quantitative estimate of drug-likeness (QED) is 0.899. The van der Waals surface area contributed by atoms with Gasteiger partial charge < -0.3 is 10.1 Å². The molecule has 108 valence electrons. The van der Waals surface area contributed by atoms with Crippen LogP contribution in [-0.2, 0) is 17.8 Å². The van der Waals surface area contributed by atoms with Crippen LogP contribution in [0.15, 0.2) is 6.07 Å². The summed E-state index contributed by atoms with van der Waals surface area (Å²) in [7, 11) is 0. The van der Waals surface area contributed by atoms with Gasteiger partial charge in [-0.25, -0.2) is 0 Å². The lowest BCUT2D eigenvalue weighted by molar-refractivity contribution is -0.0553. The molecular weight excluding hydrogens is 256 g/mol. The highest BCUT2D eigenvalue weighted by Crippen LogP contribution is 2.27. The summed E-state index contributed by atoms with van der Waals surface area (Å²) >= 11 is 1.92. The highest BCUT2D eigenvalue weighted by molar-refractivity contribution is 7.12. The second-order valence-corrected chi connectivity index (χ2v) is 7.20. The molecule has 1 saturated heterocycles. The first-order valence-electron chi connectivity index (χ1n) is 7.14. The van der Waals surface area contributed by atoms with E-state index in [4.69, 9.17) is 4.74 Å². The third-order valence-corrected chi connectivity index (χ3v) is 4.89. The zero-order valence-electron chi connectivity index (χ0n) is 12.6. The van der Waals surface area contributed by atoms with E-state index in [0.717, 1.165) is 39.4 Å². The zero-order valence-corrected chi connectivity index (χ0v) is 13.4. The maximum Gasteiger partial charge on any atom is 0.0645 e. The molecule has 0 aliphatic carbocycles. The first kappa shape index (κ1) is 15.0. The van der Waals surface area contributed by atoms with Crippen LogP contribution < -0.4 is 5.32 Å². The van der Waals surface area contributed by atoms with Gasteiger partial charge in [-0.1, -0.05) is 6.92 Å². The first-order valence-corrected chi connectivity index (χ1v) is 7.96. The Labute approximate surface area is 121 Å². The number of morpholine rings is 1. The summed E-state index contributed by atoms with van der Waals surface area (Å²) in [5, 5.41) is 3.40. The normalized spacial score (nSPS) is 19.8. The molecule has 4 heteroatoms. The van der Waals surface area contributed by atoms with Crippen molar-refractivity contribution in [2.24, 2.45) is 0 Å². The molecule has 0 bridgehead atoms. The summed E-state index contributed by atoms with van der Waals surface area (Å²) in [5.41, 5.74) is 1.63. The highest BCUT2D eigenvalue weighted by Gasteiger charge is 2.30. The standard InChI is InChI=1S/C15H26N2OS/c1-5-16-9-14-8-13(12(2)19-14)10-17-6-7-18-11-15(17,3)4/h8,16H,5-7,9-11H2,1-4H3. The van der Waals surface area contributed by atoms with Gasteiger partial charge in [0, 0.05) is 34.9 Å².